The van der Waals surface area contributed by atoms with Gasteiger partial charge in [-0.1, -0.05) is 11.6 Å². The lowest BCUT2D eigenvalue weighted by Gasteiger charge is -2.16. The summed E-state index contributed by atoms with van der Waals surface area (Å²) in [6.45, 7) is 8.59. The van der Waals surface area contributed by atoms with Crippen LogP contribution in [0.1, 0.15) is 33.8 Å². The van der Waals surface area contributed by atoms with Gasteiger partial charge in [0, 0.05) is 15.1 Å². The number of thiophene rings is 1. The largest absolute Gasteiger partial charge is 0.363 e. The van der Waals surface area contributed by atoms with Crippen LogP contribution in [0.3, 0.4) is 0 Å². The van der Waals surface area contributed by atoms with Crippen molar-refractivity contribution in [3.8, 4) is 0 Å². The lowest BCUT2D eigenvalue weighted by Crippen LogP contribution is -2.08. The molecule has 1 N–H and O–H groups in total. The molecule has 2 heterocycles. The van der Waals surface area contributed by atoms with E-state index in [0.29, 0.717) is 0 Å². The third-order valence-corrected chi connectivity index (χ3v) is 4.67. The first-order valence-corrected chi connectivity index (χ1v) is 7.91. The summed E-state index contributed by atoms with van der Waals surface area (Å²) in [5.74, 6) is 0.902. The van der Waals surface area contributed by atoms with Crippen LogP contribution in [0.15, 0.2) is 30.6 Å². The Kier molecular flexibility index (Phi) is 3.64. The van der Waals surface area contributed by atoms with Crippen molar-refractivity contribution < 1.29 is 0 Å². The van der Waals surface area contributed by atoms with Crippen molar-refractivity contribution in [3.63, 3.8) is 0 Å². The predicted molar refractivity (Wildman–Crippen MR) is 90.1 cm³/mol. The van der Waals surface area contributed by atoms with Crippen LogP contribution < -0.4 is 5.32 Å². The van der Waals surface area contributed by atoms with Gasteiger partial charge in [-0.05, 0) is 51.5 Å². The molecule has 3 nitrogen and oxygen atoms in total. The van der Waals surface area contributed by atoms with Crippen molar-refractivity contribution in [2.24, 2.45) is 0 Å². The summed E-state index contributed by atoms with van der Waals surface area (Å²) in [6.07, 6.45) is 1.62. The van der Waals surface area contributed by atoms with E-state index in [0.717, 1.165) is 16.7 Å². The van der Waals surface area contributed by atoms with E-state index in [2.05, 4.69) is 61.2 Å². The molecular formula is C17H19N3S. The van der Waals surface area contributed by atoms with Gasteiger partial charge in [-0.15, -0.1) is 11.3 Å². The normalized spacial score (nSPS) is 12.6. The van der Waals surface area contributed by atoms with Crippen molar-refractivity contribution in [1.29, 1.82) is 0 Å². The van der Waals surface area contributed by atoms with Crippen LogP contribution in [0.5, 0.6) is 0 Å². The zero-order chi connectivity index (χ0) is 15.0. The lowest BCUT2D eigenvalue weighted by molar-refractivity contribution is 0.873. The van der Waals surface area contributed by atoms with Crippen molar-refractivity contribution in [2.45, 2.75) is 33.7 Å². The summed E-state index contributed by atoms with van der Waals surface area (Å²) in [6, 6.07) is 8.74. The molecule has 4 heteroatoms. The summed E-state index contributed by atoms with van der Waals surface area (Å²) in [5.41, 5.74) is 3.54. The van der Waals surface area contributed by atoms with E-state index in [1.165, 1.54) is 20.9 Å². The van der Waals surface area contributed by atoms with Crippen molar-refractivity contribution in [3.05, 3.63) is 51.5 Å². The number of benzene rings is 1. The van der Waals surface area contributed by atoms with Crippen LogP contribution in [0.25, 0.3) is 10.9 Å². The topological polar surface area (TPSA) is 37.8 Å². The van der Waals surface area contributed by atoms with Crippen molar-refractivity contribution in [1.82, 2.24) is 9.97 Å². The van der Waals surface area contributed by atoms with Gasteiger partial charge in [-0.3, -0.25) is 0 Å². The van der Waals surface area contributed by atoms with E-state index < -0.39 is 0 Å². The molecule has 0 fully saturated rings. The highest BCUT2D eigenvalue weighted by atomic mass is 32.1. The summed E-state index contributed by atoms with van der Waals surface area (Å²) in [5, 5.41) is 4.62. The smallest absolute Gasteiger partial charge is 0.137 e. The second-order valence-corrected chi connectivity index (χ2v) is 6.94. The molecular weight excluding hydrogens is 278 g/mol. The van der Waals surface area contributed by atoms with Gasteiger partial charge in [0.1, 0.15) is 12.1 Å². The molecule has 3 aromatic rings. The fourth-order valence-corrected chi connectivity index (χ4v) is 3.67. The van der Waals surface area contributed by atoms with Gasteiger partial charge < -0.3 is 5.32 Å². The Balaban J connectivity index is 1.98. The van der Waals surface area contributed by atoms with E-state index in [4.69, 9.17) is 0 Å². The molecule has 0 radical (unpaired) electrons. The second-order valence-electron chi connectivity index (χ2n) is 5.48. The zero-order valence-corrected chi connectivity index (χ0v) is 13.6. The van der Waals surface area contributed by atoms with E-state index in [-0.39, 0.29) is 6.04 Å². The second kappa shape index (κ2) is 5.45. The Hall–Kier alpha value is -1.94. The summed E-state index contributed by atoms with van der Waals surface area (Å²) in [7, 11) is 0. The zero-order valence-electron chi connectivity index (χ0n) is 12.8. The highest BCUT2D eigenvalue weighted by Gasteiger charge is 2.13. The van der Waals surface area contributed by atoms with Crippen LogP contribution in [-0.2, 0) is 0 Å². The first-order valence-electron chi connectivity index (χ1n) is 7.09. The minimum absolute atomic E-state index is 0.230. The van der Waals surface area contributed by atoms with Gasteiger partial charge >= 0.3 is 0 Å². The average molecular weight is 297 g/mol. The van der Waals surface area contributed by atoms with Gasteiger partial charge in [-0.25, -0.2) is 9.97 Å². The first kappa shape index (κ1) is 14.0. The number of hydrogen-bond acceptors (Lipinski definition) is 4. The summed E-state index contributed by atoms with van der Waals surface area (Å²) in [4.78, 5) is 11.5. The molecule has 2 aromatic heterocycles. The molecule has 108 valence electrons. The number of nitrogens with one attached hydrogen (secondary N) is 1. The predicted octanol–water partition coefficient (Wildman–Crippen LogP) is 4.79. The fraction of sp³-hybridized carbons (Fsp3) is 0.294. The minimum atomic E-state index is 0.230. The molecule has 0 aliphatic carbocycles. The van der Waals surface area contributed by atoms with Gasteiger partial charge in [0.05, 0.1) is 11.6 Å². The molecule has 0 amide bonds. The quantitative estimate of drug-likeness (QED) is 0.755. The monoisotopic (exact) mass is 297 g/mol. The van der Waals surface area contributed by atoms with Crippen LogP contribution >= 0.6 is 11.3 Å². The number of rotatable bonds is 3. The Morgan fingerprint density at radius 3 is 2.62 bits per heavy atom. The maximum Gasteiger partial charge on any atom is 0.137 e. The molecule has 21 heavy (non-hydrogen) atoms. The average Bonchev–Trinajstić information content (AvgIpc) is 2.78. The van der Waals surface area contributed by atoms with Gasteiger partial charge in [0.2, 0.25) is 0 Å². The lowest BCUT2D eigenvalue weighted by atomic mass is 10.1. The molecule has 1 aromatic carbocycles. The number of nitrogens with zero attached hydrogens (tertiary/aromatic N) is 2. The summed E-state index contributed by atoms with van der Waals surface area (Å²) < 4.78 is 0. The van der Waals surface area contributed by atoms with Gasteiger partial charge in [-0.2, -0.15) is 0 Å². The molecule has 0 saturated heterocycles. The van der Waals surface area contributed by atoms with E-state index in [1.807, 2.05) is 17.4 Å². The maximum absolute atomic E-state index is 4.43. The van der Waals surface area contributed by atoms with Gasteiger partial charge in [0.15, 0.2) is 0 Å². The van der Waals surface area contributed by atoms with Gasteiger partial charge in [0.25, 0.3) is 0 Å². The fourth-order valence-electron chi connectivity index (χ4n) is 2.65. The van der Waals surface area contributed by atoms with Crippen LogP contribution in [-0.4, -0.2) is 9.97 Å². The Morgan fingerprint density at radius 1 is 1.10 bits per heavy atom. The number of hydrogen-bond donors (Lipinski definition) is 1. The number of aryl methyl sites for hydroxylation is 3. The molecule has 0 bridgehead atoms. The number of fused-ring (bicyclic) bond motifs is 1. The number of aromatic nitrogens is 2. The van der Waals surface area contributed by atoms with E-state index >= 15 is 0 Å². The van der Waals surface area contributed by atoms with E-state index in [9.17, 15) is 0 Å². The molecule has 0 saturated carbocycles. The maximum atomic E-state index is 4.43. The molecule has 3 rings (SSSR count). The Morgan fingerprint density at radius 2 is 1.90 bits per heavy atom. The summed E-state index contributed by atoms with van der Waals surface area (Å²) >= 11 is 1.84. The van der Waals surface area contributed by atoms with Crippen molar-refractivity contribution >= 4 is 28.1 Å². The van der Waals surface area contributed by atoms with Crippen molar-refractivity contribution in [2.75, 3.05) is 5.32 Å². The molecule has 1 atom stereocenters. The van der Waals surface area contributed by atoms with Crippen LogP contribution in [0.2, 0.25) is 0 Å². The molecule has 0 spiro atoms. The molecule has 0 aliphatic heterocycles. The highest BCUT2D eigenvalue weighted by molar-refractivity contribution is 7.12. The third kappa shape index (κ3) is 2.76. The van der Waals surface area contributed by atoms with Crippen LogP contribution in [0, 0.1) is 20.8 Å². The Labute approximate surface area is 129 Å². The molecule has 1 unspecified atom stereocenters. The minimum Gasteiger partial charge on any atom is -0.363 e. The first-order chi connectivity index (χ1) is 10.0. The van der Waals surface area contributed by atoms with E-state index in [1.54, 1.807) is 6.33 Å². The SMILES string of the molecule is Cc1ccc2ncnc(NC(C)c3cc(C)sc3C)c2c1. The third-order valence-electron chi connectivity index (χ3n) is 3.69. The Bertz CT molecular complexity index is 792. The number of anilines is 1. The van der Waals surface area contributed by atoms with Crippen LogP contribution in [0.4, 0.5) is 5.82 Å². The highest BCUT2D eigenvalue weighted by Crippen LogP contribution is 2.30. The molecule has 0 aliphatic rings. The standard InChI is InChI=1S/C17H19N3S/c1-10-5-6-16-15(7-10)17(19-9-18-16)20-12(3)14-8-11(2)21-13(14)4/h5-9,12H,1-4H3,(H,18,19,20).